The molecule has 110 valence electrons. The molecule has 3 N–H and O–H groups in total. The van der Waals surface area contributed by atoms with E-state index >= 15 is 0 Å². The summed E-state index contributed by atoms with van der Waals surface area (Å²) in [5.41, 5.74) is 5.22. The highest BCUT2D eigenvalue weighted by molar-refractivity contribution is 5.97. The maximum atomic E-state index is 12.4. The second kappa shape index (κ2) is 5.50. The standard InChI is InChI=1S/C14H16N4O3/c1-14(6-2-3-12(14)16)13(19)17-10-5-4-9(8-15)7-11(10)18(20)21/h4-5,7,12H,2-3,6,16H2,1H3,(H,17,19). The lowest BCUT2D eigenvalue weighted by Gasteiger charge is -2.27. The van der Waals surface area contributed by atoms with Gasteiger partial charge in [-0.2, -0.15) is 5.26 Å². The van der Waals surface area contributed by atoms with Crippen molar-refractivity contribution in [1.82, 2.24) is 0 Å². The van der Waals surface area contributed by atoms with Gasteiger partial charge in [-0.25, -0.2) is 0 Å². The van der Waals surface area contributed by atoms with E-state index in [-0.39, 0.29) is 28.9 Å². The average Bonchev–Trinajstić information content (AvgIpc) is 2.80. The quantitative estimate of drug-likeness (QED) is 0.649. The molecule has 0 bridgehead atoms. The van der Waals surface area contributed by atoms with Crippen molar-refractivity contribution in [2.45, 2.75) is 32.2 Å². The monoisotopic (exact) mass is 288 g/mol. The Kier molecular flexibility index (Phi) is 3.91. The second-order valence-electron chi connectivity index (χ2n) is 5.47. The van der Waals surface area contributed by atoms with Gasteiger partial charge in [-0.05, 0) is 31.9 Å². The molecule has 1 amide bonds. The van der Waals surface area contributed by atoms with Crippen LogP contribution in [0.4, 0.5) is 11.4 Å². The van der Waals surface area contributed by atoms with Gasteiger partial charge in [0.05, 0.1) is 22.0 Å². The first-order valence-electron chi connectivity index (χ1n) is 6.64. The van der Waals surface area contributed by atoms with Gasteiger partial charge in [0.25, 0.3) is 5.69 Å². The fourth-order valence-electron chi connectivity index (χ4n) is 2.60. The molecule has 2 unspecified atom stereocenters. The number of nitrogens with one attached hydrogen (secondary N) is 1. The van der Waals surface area contributed by atoms with Crippen LogP contribution in [0.5, 0.6) is 0 Å². The van der Waals surface area contributed by atoms with Gasteiger partial charge in [0.1, 0.15) is 5.69 Å². The molecule has 21 heavy (non-hydrogen) atoms. The van der Waals surface area contributed by atoms with Gasteiger partial charge in [-0.1, -0.05) is 6.42 Å². The lowest BCUT2D eigenvalue weighted by molar-refractivity contribution is -0.384. The molecule has 0 heterocycles. The summed E-state index contributed by atoms with van der Waals surface area (Å²) in [7, 11) is 0. The van der Waals surface area contributed by atoms with Crippen LogP contribution in [0, 0.1) is 26.9 Å². The molecule has 1 aliphatic carbocycles. The zero-order chi connectivity index (χ0) is 15.6. The summed E-state index contributed by atoms with van der Waals surface area (Å²) >= 11 is 0. The molecule has 0 aromatic heterocycles. The van der Waals surface area contributed by atoms with E-state index in [0.29, 0.717) is 6.42 Å². The third-order valence-electron chi connectivity index (χ3n) is 4.12. The summed E-state index contributed by atoms with van der Waals surface area (Å²) in [5, 5.41) is 22.4. The molecule has 1 saturated carbocycles. The molecule has 7 nitrogen and oxygen atoms in total. The van der Waals surface area contributed by atoms with Crippen molar-refractivity contribution in [3.8, 4) is 6.07 Å². The Labute approximate surface area is 121 Å². The molecule has 0 radical (unpaired) electrons. The van der Waals surface area contributed by atoms with Gasteiger partial charge in [0, 0.05) is 12.1 Å². The third-order valence-corrected chi connectivity index (χ3v) is 4.12. The fourth-order valence-corrected chi connectivity index (χ4v) is 2.60. The summed E-state index contributed by atoms with van der Waals surface area (Å²) in [6.45, 7) is 1.77. The van der Waals surface area contributed by atoms with Crippen LogP contribution in [0.15, 0.2) is 18.2 Å². The molecule has 0 aliphatic heterocycles. The number of anilines is 1. The highest BCUT2D eigenvalue weighted by Gasteiger charge is 2.43. The molecular weight excluding hydrogens is 272 g/mol. The van der Waals surface area contributed by atoms with Gasteiger partial charge in [0.2, 0.25) is 5.91 Å². The summed E-state index contributed by atoms with van der Waals surface area (Å²) in [6.07, 6.45) is 2.28. The molecule has 2 atom stereocenters. The van der Waals surface area contributed by atoms with Gasteiger partial charge in [-0.15, -0.1) is 0 Å². The number of nitro benzene ring substituents is 1. The van der Waals surface area contributed by atoms with E-state index in [1.54, 1.807) is 6.92 Å². The van der Waals surface area contributed by atoms with Crippen LogP contribution in [0.2, 0.25) is 0 Å². The van der Waals surface area contributed by atoms with Crippen LogP contribution < -0.4 is 11.1 Å². The zero-order valence-corrected chi connectivity index (χ0v) is 11.6. The number of nitrogens with zero attached hydrogens (tertiary/aromatic N) is 2. The Morgan fingerprint density at radius 3 is 2.86 bits per heavy atom. The van der Waals surface area contributed by atoms with Gasteiger partial charge < -0.3 is 11.1 Å². The first kappa shape index (κ1) is 14.9. The van der Waals surface area contributed by atoms with E-state index in [1.807, 2.05) is 6.07 Å². The predicted molar refractivity (Wildman–Crippen MR) is 76.4 cm³/mol. The maximum Gasteiger partial charge on any atom is 0.294 e. The van der Waals surface area contributed by atoms with Crippen molar-refractivity contribution in [2.75, 3.05) is 5.32 Å². The third kappa shape index (κ3) is 2.71. The maximum absolute atomic E-state index is 12.4. The Morgan fingerprint density at radius 1 is 1.62 bits per heavy atom. The highest BCUT2D eigenvalue weighted by Crippen LogP contribution is 2.38. The van der Waals surface area contributed by atoms with Crippen LogP contribution >= 0.6 is 0 Å². The smallest absolute Gasteiger partial charge is 0.294 e. The van der Waals surface area contributed by atoms with Gasteiger partial charge >= 0.3 is 0 Å². The second-order valence-corrected chi connectivity index (χ2v) is 5.47. The number of benzene rings is 1. The fraction of sp³-hybridized carbons (Fsp3) is 0.429. The Hall–Kier alpha value is -2.46. The summed E-state index contributed by atoms with van der Waals surface area (Å²) < 4.78 is 0. The van der Waals surface area contributed by atoms with Crippen molar-refractivity contribution in [2.24, 2.45) is 11.1 Å². The van der Waals surface area contributed by atoms with Gasteiger partial charge in [-0.3, -0.25) is 14.9 Å². The number of carbonyl (C=O) groups excluding carboxylic acids is 1. The number of nitro groups is 1. The molecule has 1 aromatic rings. The minimum atomic E-state index is -0.720. The van der Waals surface area contributed by atoms with Crippen molar-refractivity contribution in [3.05, 3.63) is 33.9 Å². The molecule has 1 fully saturated rings. The number of nitrogens with two attached hydrogens (primary N) is 1. The van der Waals surface area contributed by atoms with E-state index in [2.05, 4.69) is 5.32 Å². The Bertz CT molecular complexity index is 638. The summed E-state index contributed by atoms with van der Waals surface area (Å²) in [6, 6.07) is 5.53. The summed E-state index contributed by atoms with van der Waals surface area (Å²) in [4.78, 5) is 22.8. The normalized spacial score (nSPS) is 24.3. The molecule has 0 spiro atoms. The number of carbonyl (C=O) groups is 1. The van der Waals surface area contributed by atoms with Crippen molar-refractivity contribution in [3.63, 3.8) is 0 Å². The minimum Gasteiger partial charge on any atom is -0.327 e. The lowest BCUT2D eigenvalue weighted by atomic mass is 9.84. The number of hydrogen-bond donors (Lipinski definition) is 2. The summed E-state index contributed by atoms with van der Waals surface area (Å²) in [5.74, 6) is -0.319. The van der Waals surface area contributed by atoms with Crippen LogP contribution in [-0.4, -0.2) is 16.9 Å². The number of amides is 1. The molecular formula is C14H16N4O3. The zero-order valence-electron chi connectivity index (χ0n) is 11.6. The van der Waals surface area contributed by atoms with Crippen LogP contribution in [0.25, 0.3) is 0 Å². The first-order chi connectivity index (χ1) is 9.88. The Morgan fingerprint density at radius 2 is 2.33 bits per heavy atom. The van der Waals surface area contributed by atoms with Crippen LogP contribution in [0.3, 0.4) is 0 Å². The van der Waals surface area contributed by atoms with Crippen molar-refractivity contribution >= 4 is 17.3 Å². The van der Waals surface area contributed by atoms with E-state index in [4.69, 9.17) is 11.0 Å². The topological polar surface area (TPSA) is 122 Å². The minimum absolute atomic E-state index is 0.0873. The van der Waals surface area contributed by atoms with E-state index in [0.717, 1.165) is 18.9 Å². The molecule has 2 rings (SSSR count). The van der Waals surface area contributed by atoms with E-state index in [9.17, 15) is 14.9 Å². The highest BCUT2D eigenvalue weighted by atomic mass is 16.6. The Balaban J connectivity index is 2.30. The average molecular weight is 288 g/mol. The van der Waals surface area contributed by atoms with E-state index in [1.165, 1.54) is 12.1 Å². The van der Waals surface area contributed by atoms with Crippen molar-refractivity contribution in [1.29, 1.82) is 5.26 Å². The number of rotatable bonds is 3. The van der Waals surface area contributed by atoms with Gasteiger partial charge in [0.15, 0.2) is 0 Å². The largest absolute Gasteiger partial charge is 0.327 e. The van der Waals surface area contributed by atoms with Crippen molar-refractivity contribution < 1.29 is 9.72 Å². The number of hydrogen-bond acceptors (Lipinski definition) is 5. The lowest BCUT2D eigenvalue weighted by Crippen LogP contribution is -2.44. The SMILES string of the molecule is CC1(C(=O)Nc2ccc(C#N)cc2[N+](=O)[O-])CCCC1N. The molecule has 0 saturated heterocycles. The first-order valence-corrected chi connectivity index (χ1v) is 6.64. The molecule has 7 heteroatoms. The molecule has 1 aliphatic rings. The van der Waals surface area contributed by atoms with Crippen LogP contribution in [0.1, 0.15) is 31.7 Å². The number of nitriles is 1. The predicted octanol–water partition coefficient (Wildman–Crippen LogP) is 1.92. The molecule has 1 aromatic carbocycles. The van der Waals surface area contributed by atoms with Crippen LogP contribution in [-0.2, 0) is 4.79 Å². The van der Waals surface area contributed by atoms with E-state index < -0.39 is 10.3 Å².